The summed E-state index contributed by atoms with van der Waals surface area (Å²) in [7, 11) is 0. The standard InChI is InChI=1S/C28H35N5O2S/c1-2-3-4-5-6-7-8-9-13-16-26(34)29-22-18-17-21-19-25(27(35)24(21)20-22)36-28-30-31-32-33(28)23-14-11-10-12-15-23/h10-12,14-15,17-18,20,25H,2-9,13,16,19H2,1H3,(H,29,34)/t25-/m1/s1. The Morgan fingerprint density at radius 2 is 1.72 bits per heavy atom. The van der Waals surface area contributed by atoms with Crippen LogP contribution in [0.1, 0.15) is 87.1 Å². The smallest absolute Gasteiger partial charge is 0.224 e. The van der Waals surface area contributed by atoms with Crippen LogP contribution in [0.4, 0.5) is 5.69 Å². The highest BCUT2D eigenvalue weighted by molar-refractivity contribution is 8.00. The molecule has 7 nitrogen and oxygen atoms in total. The number of nitrogens with one attached hydrogen (secondary N) is 1. The highest BCUT2D eigenvalue weighted by Crippen LogP contribution is 2.35. The number of tetrazole rings is 1. The Morgan fingerprint density at radius 3 is 2.47 bits per heavy atom. The van der Waals surface area contributed by atoms with Crippen LogP contribution in [0.5, 0.6) is 0 Å². The second kappa shape index (κ2) is 13.3. The van der Waals surface area contributed by atoms with Gasteiger partial charge in [-0.3, -0.25) is 9.59 Å². The van der Waals surface area contributed by atoms with E-state index in [4.69, 9.17) is 0 Å². The van der Waals surface area contributed by atoms with Gasteiger partial charge in [-0.1, -0.05) is 94.3 Å². The van der Waals surface area contributed by atoms with Gasteiger partial charge in [0, 0.05) is 17.7 Å². The molecule has 0 fully saturated rings. The van der Waals surface area contributed by atoms with E-state index in [1.54, 1.807) is 4.68 Å². The first-order valence-electron chi connectivity index (χ1n) is 13.1. The molecular formula is C28H35N5O2S. The predicted octanol–water partition coefficient (Wildman–Crippen LogP) is 6.42. The molecule has 190 valence electrons. The molecule has 1 N–H and O–H groups in total. The van der Waals surface area contributed by atoms with E-state index in [9.17, 15) is 9.59 Å². The Morgan fingerprint density at radius 1 is 1.00 bits per heavy atom. The Hall–Kier alpha value is -3.00. The van der Waals surface area contributed by atoms with Crippen molar-refractivity contribution in [2.24, 2.45) is 0 Å². The predicted molar refractivity (Wildman–Crippen MR) is 144 cm³/mol. The van der Waals surface area contributed by atoms with Gasteiger partial charge in [0.15, 0.2) is 5.78 Å². The molecule has 0 saturated carbocycles. The van der Waals surface area contributed by atoms with Crippen LogP contribution in [0.15, 0.2) is 53.7 Å². The first-order chi connectivity index (χ1) is 17.7. The van der Waals surface area contributed by atoms with Crippen molar-refractivity contribution in [3.63, 3.8) is 0 Å². The Bertz CT molecular complexity index is 1150. The minimum Gasteiger partial charge on any atom is -0.326 e. The van der Waals surface area contributed by atoms with Gasteiger partial charge in [0.05, 0.1) is 10.9 Å². The second-order valence-electron chi connectivity index (χ2n) is 9.38. The molecule has 4 rings (SSSR count). The zero-order chi connectivity index (χ0) is 25.2. The number of aromatic nitrogens is 4. The van der Waals surface area contributed by atoms with Crippen LogP contribution in [0.2, 0.25) is 0 Å². The van der Waals surface area contributed by atoms with E-state index in [1.807, 2.05) is 48.5 Å². The van der Waals surface area contributed by atoms with Crippen molar-refractivity contribution in [3.05, 3.63) is 59.7 Å². The number of hydrogen-bond acceptors (Lipinski definition) is 6. The average Bonchev–Trinajstić information content (AvgIpc) is 3.48. The number of nitrogens with zero attached hydrogens (tertiary/aromatic N) is 4. The van der Waals surface area contributed by atoms with Crippen LogP contribution in [0, 0.1) is 0 Å². The van der Waals surface area contributed by atoms with Gasteiger partial charge in [-0.05, 0) is 53.1 Å². The summed E-state index contributed by atoms with van der Waals surface area (Å²) in [5, 5.41) is 15.3. The van der Waals surface area contributed by atoms with Gasteiger partial charge >= 0.3 is 0 Å². The summed E-state index contributed by atoms with van der Waals surface area (Å²) < 4.78 is 1.65. The molecule has 2 aromatic carbocycles. The fraction of sp³-hybridized carbons (Fsp3) is 0.464. The van der Waals surface area contributed by atoms with Crippen LogP contribution in [0.25, 0.3) is 5.69 Å². The number of fused-ring (bicyclic) bond motifs is 1. The summed E-state index contributed by atoms with van der Waals surface area (Å²) in [5.74, 6) is 0.0592. The van der Waals surface area contributed by atoms with Crippen LogP contribution in [0.3, 0.4) is 0 Å². The van der Waals surface area contributed by atoms with Gasteiger partial charge < -0.3 is 5.32 Å². The molecule has 1 amide bonds. The number of amides is 1. The summed E-state index contributed by atoms with van der Waals surface area (Å²) in [6, 6.07) is 15.3. The Balaban J connectivity index is 1.24. The summed E-state index contributed by atoms with van der Waals surface area (Å²) in [5.41, 5.74) is 3.20. The number of benzene rings is 2. The molecule has 1 atom stereocenters. The van der Waals surface area contributed by atoms with E-state index in [-0.39, 0.29) is 16.9 Å². The van der Waals surface area contributed by atoms with E-state index in [0.717, 1.165) is 24.1 Å². The van der Waals surface area contributed by atoms with Gasteiger partial charge in [0.25, 0.3) is 0 Å². The van der Waals surface area contributed by atoms with Crippen LogP contribution >= 0.6 is 11.8 Å². The first kappa shape index (κ1) is 26.1. The number of Topliss-reactive ketones (excluding diaryl/α,β-unsaturated/α-hetero) is 1. The van der Waals surface area contributed by atoms with Crippen molar-refractivity contribution in [2.45, 2.75) is 88.0 Å². The normalized spacial score (nSPS) is 14.7. The Kier molecular flexibility index (Phi) is 9.67. The lowest BCUT2D eigenvalue weighted by molar-refractivity contribution is -0.116. The summed E-state index contributed by atoms with van der Waals surface area (Å²) in [6.07, 6.45) is 12.2. The quantitative estimate of drug-likeness (QED) is 0.254. The van der Waals surface area contributed by atoms with E-state index < -0.39 is 0 Å². The van der Waals surface area contributed by atoms with Crippen molar-refractivity contribution in [2.75, 3.05) is 5.32 Å². The number of carbonyl (C=O) groups is 2. The van der Waals surface area contributed by atoms with Gasteiger partial charge in [0.1, 0.15) is 0 Å². The number of thioether (sulfide) groups is 1. The molecule has 36 heavy (non-hydrogen) atoms. The summed E-state index contributed by atoms with van der Waals surface area (Å²) in [4.78, 5) is 25.6. The van der Waals surface area contributed by atoms with Crippen molar-refractivity contribution in [1.29, 1.82) is 0 Å². The summed E-state index contributed by atoms with van der Waals surface area (Å²) in [6.45, 7) is 2.24. The molecular weight excluding hydrogens is 470 g/mol. The van der Waals surface area contributed by atoms with Crippen LogP contribution in [-0.4, -0.2) is 37.1 Å². The zero-order valence-corrected chi connectivity index (χ0v) is 21.8. The van der Waals surface area contributed by atoms with E-state index >= 15 is 0 Å². The minimum absolute atomic E-state index is 0.0105. The fourth-order valence-corrected chi connectivity index (χ4v) is 5.63. The molecule has 1 heterocycles. The van der Waals surface area contributed by atoms with Crippen molar-refractivity contribution in [1.82, 2.24) is 20.2 Å². The van der Waals surface area contributed by atoms with Gasteiger partial charge in [-0.2, -0.15) is 4.68 Å². The molecule has 3 aromatic rings. The fourth-order valence-electron chi connectivity index (χ4n) is 4.55. The van der Waals surface area contributed by atoms with Crippen LogP contribution in [-0.2, 0) is 11.2 Å². The monoisotopic (exact) mass is 505 g/mol. The number of carbonyl (C=O) groups excluding carboxylic acids is 2. The lowest BCUT2D eigenvalue weighted by Crippen LogP contribution is -2.14. The molecule has 0 spiro atoms. The summed E-state index contributed by atoms with van der Waals surface area (Å²) >= 11 is 1.38. The molecule has 0 aliphatic heterocycles. The van der Waals surface area contributed by atoms with Gasteiger partial charge in [-0.15, -0.1) is 5.10 Å². The molecule has 0 unspecified atom stereocenters. The maximum absolute atomic E-state index is 13.2. The SMILES string of the molecule is CCCCCCCCCCCC(=O)Nc1ccc2c(c1)C(=O)[C@H](Sc1nnnn1-c1ccccc1)C2. The largest absolute Gasteiger partial charge is 0.326 e. The third-order valence-electron chi connectivity index (χ3n) is 6.55. The molecule has 0 bridgehead atoms. The van der Waals surface area contributed by atoms with E-state index in [2.05, 4.69) is 27.8 Å². The number of para-hydroxylation sites is 1. The second-order valence-corrected chi connectivity index (χ2v) is 10.6. The first-order valence-corrected chi connectivity index (χ1v) is 14.0. The molecule has 0 saturated heterocycles. The average molecular weight is 506 g/mol. The maximum atomic E-state index is 13.2. The number of rotatable bonds is 14. The number of unbranched alkanes of at least 4 members (excludes halogenated alkanes) is 8. The Labute approximate surface area is 217 Å². The number of ketones is 1. The number of anilines is 1. The minimum atomic E-state index is -0.290. The third kappa shape index (κ3) is 7.03. The van der Waals surface area contributed by atoms with Crippen molar-refractivity contribution < 1.29 is 9.59 Å². The third-order valence-corrected chi connectivity index (χ3v) is 7.68. The van der Waals surface area contributed by atoms with E-state index in [1.165, 1.54) is 56.7 Å². The molecule has 0 radical (unpaired) electrons. The molecule has 1 aliphatic rings. The lowest BCUT2D eigenvalue weighted by atomic mass is 10.1. The molecule has 8 heteroatoms. The van der Waals surface area contributed by atoms with Gasteiger partial charge in [-0.25, -0.2) is 0 Å². The highest BCUT2D eigenvalue weighted by Gasteiger charge is 2.33. The lowest BCUT2D eigenvalue weighted by Gasteiger charge is -2.08. The number of hydrogen-bond donors (Lipinski definition) is 1. The topological polar surface area (TPSA) is 89.8 Å². The zero-order valence-electron chi connectivity index (χ0n) is 21.0. The van der Waals surface area contributed by atoms with Crippen molar-refractivity contribution >= 4 is 29.1 Å². The molecule has 1 aliphatic carbocycles. The van der Waals surface area contributed by atoms with E-state index in [0.29, 0.717) is 29.2 Å². The van der Waals surface area contributed by atoms with Crippen molar-refractivity contribution in [3.8, 4) is 5.69 Å². The molecule has 1 aromatic heterocycles. The van der Waals surface area contributed by atoms with Gasteiger partial charge in [0.2, 0.25) is 11.1 Å². The highest BCUT2D eigenvalue weighted by atomic mass is 32.2. The maximum Gasteiger partial charge on any atom is 0.224 e. The van der Waals surface area contributed by atoms with Crippen LogP contribution < -0.4 is 5.32 Å².